The number of halogens is 1. The molecule has 1 atom stereocenters. The normalized spacial score (nSPS) is 11.9. The number of nitrogens with zero attached hydrogens (tertiary/aromatic N) is 1. The van der Waals surface area contributed by atoms with E-state index in [9.17, 15) is 15.2 Å². The molecule has 0 bridgehead atoms. The van der Waals surface area contributed by atoms with Crippen molar-refractivity contribution in [2.75, 3.05) is 0 Å². The van der Waals surface area contributed by atoms with Crippen molar-refractivity contribution in [1.29, 1.82) is 0 Å². The number of benzene rings is 2. The molecule has 0 aliphatic heterocycles. The molecule has 6 heteroatoms. The zero-order valence-corrected chi connectivity index (χ0v) is 11.4. The second kappa shape index (κ2) is 5.90. The van der Waals surface area contributed by atoms with Gasteiger partial charge in [0.25, 0.3) is 5.69 Å². The molecule has 104 valence electrons. The van der Waals surface area contributed by atoms with Crippen LogP contribution in [0.2, 0.25) is 5.02 Å². The van der Waals surface area contributed by atoms with Crippen molar-refractivity contribution in [1.82, 2.24) is 0 Å². The molecule has 1 N–H and O–H groups in total. The average molecular weight is 294 g/mol. The standard InChI is InChI=1S/C14H12ClNO4/c1-9(17)11-4-2-3-5-13(11)20-14-7-6-10(16(18)19)8-12(14)15/h2-9,17H,1H3. The minimum absolute atomic E-state index is 0.105. The molecule has 1 unspecified atom stereocenters. The lowest BCUT2D eigenvalue weighted by Crippen LogP contribution is -1.96. The number of hydrogen-bond donors (Lipinski definition) is 1. The minimum Gasteiger partial charge on any atom is -0.455 e. The molecule has 0 saturated heterocycles. The number of para-hydroxylation sites is 1. The first-order chi connectivity index (χ1) is 9.49. The molecule has 0 amide bonds. The fourth-order valence-electron chi connectivity index (χ4n) is 1.72. The Morgan fingerprint density at radius 1 is 1.25 bits per heavy atom. The summed E-state index contributed by atoms with van der Waals surface area (Å²) in [6, 6.07) is 10.9. The molecule has 0 aromatic heterocycles. The van der Waals surface area contributed by atoms with Crippen molar-refractivity contribution >= 4 is 17.3 Å². The lowest BCUT2D eigenvalue weighted by Gasteiger charge is -2.13. The number of aliphatic hydroxyl groups excluding tert-OH is 1. The number of aliphatic hydroxyl groups is 1. The van der Waals surface area contributed by atoms with Gasteiger partial charge in [0.05, 0.1) is 16.0 Å². The monoisotopic (exact) mass is 293 g/mol. The predicted molar refractivity (Wildman–Crippen MR) is 75.3 cm³/mol. The Morgan fingerprint density at radius 2 is 1.95 bits per heavy atom. The van der Waals surface area contributed by atoms with E-state index in [1.54, 1.807) is 31.2 Å². The summed E-state index contributed by atoms with van der Waals surface area (Å²) < 4.78 is 5.62. The molecule has 0 saturated carbocycles. The van der Waals surface area contributed by atoms with Gasteiger partial charge in [-0.05, 0) is 19.1 Å². The third-order valence-electron chi connectivity index (χ3n) is 2.72. The maximum atomic E-state index is 10.6. The van der Waals surface area contributed by atoms with E-state index in [4.69, 9.17) is 16.3 Å². The summed E-state index contributed by atoms with van der Waals surface area (Å²) in [5.41, 5.74) is 0.507. The Labute approximate surface area is 120 Å². The molecule has 2 aromatic rings. The molecule has 0 heterocycles. The summed E-state index contributed by atoms with van der Waals surface area (Å²) in [6.07, 6.45) is -0.692. The Morgan fingerprint density at radius 3 is 2.55 bits per heavy atom. The Bertz CT molecular complexity index is 643. The van der Waals surface area contributed by atoms with Gasteiger partial charge in [0.15, 0.2) is 0 Å². The summed E-state index contributed by atoms with van der Waals surface area (Å²) >= 11 is 5.96. The molecular formula is C14H12ClNO4. The van der Waals surface area contributed by atoms with E-state index in [2.05, 4.69) is 0 Å². The first kappa shape index (κ1) is 14.3. The van der Waals surface area contributed by atoms with Crippen LogP contribution in [0.3, 0.4) is 0 Å². The predicted octanol–water partition coefficient (Wildman–Crippen LogP) is 4.09. The highest BCUT2D eigenvalue weighted by Gasteiger charge is 2.13. The van der Waals surface area contributed by atoms with Crippen LogP contribution >= 0.6 is 11.6 Å². The van der Waals surface area contributed by atoms with Crippen LogP contribution in [-0.2, 0) is 0 Å². The van der Waals surface area contributed by atoms with E-state index in [0.29, 0.717) is 17.1 Å². The molecule has 2 rings (SSSR count). The van der Waals surface area contributed by atoms with Gasteiger partial charge in [-0.2, -0.15) is 0 Å². The zero-order valence-electron chi connectivity index (χ0n) is 10.6. The highest BCUT2D eigenvalue weighted by molar-refractivity contribution is 6.32. The van der Waals surface area contributed by atoms with Gasteiger partial charge in [-0.15, -0.1) is 0 Å². The lowest BCUT2D eigenvalue weighted by atomic mass is 10.1. The van der Waals surface area contributed by atoms with Crippen LogP contribution in [0.15, 0.2) is 42.5 Å². The molecule has 5 nitrogen and oxygen atoms in total. The number of nitro groups is 1. The third-order valence-corrected chi connectivity index (χ3v) is 3.01. The molecule has 0 aliphatic carbocycles. The van der Waals surface area contributed by atoms with E-state index in [0.717, 1.165) is 0 Å². The number of ether oxygens (including phenoxy) is 1. The molecule has 0 spiro atoms. The van der Waals surface area contributed by atoms with Gasteiger partial charge in [-0.1, -0.05) is 29.8 Å². The number of rotatable bonds is 4. The average Bonchev–Trinajstić information content (AvgIpc) is 2.41. The Hall–Kier alpha value is -2.11. The Balaban J connectivity index is 2.33. The summed E-state index contributed by atoms with van der Waals surface area (Å²) in [7, 11) is 0. The minimum atomic E-state index is -0.692. The van der Waals surface area contributed by atoms with Crippen molar-refractivity contribution < 1.29 is 14.8 Å². The summed E-state index contributed by atoms with van der Waals surface area (Å²) in [6.45, 7) is 1.62. The number of nitro benzene ring substituents is 1. The molecule has 0 aliphatic rings. The zero-order chi connectivity index (χ0) is 14.7. The first-order valence-electron chi connectivity index (χ1n) is 5.88. The Kier molecular flexibility index (Phi) is 4.22. The highest BCUT2D eigenvalue weighted by atomic mass is 35.5. The van der Waals surface area contributed by atoms with E-state index in [1.165, 1.54) is 18.2 Å². The van der Waals surface area contributed by atoms with Crippen LogP contribution < -0.4 is 4.74 Å². The van der Waals surface area contributed by atoms with Gasteiger partial charge in [0, 0.05) is 17.7 Å². The van der Waals surface area contributed by atoms with Crippen LogP contribution in [0.4, 0.5) is 5.69 Å². The SMILES string of the molecule is CC(O)c1ccccc1Oc1ccc([N+](=O)[O-])cc1Cl. The van der Waals surface area contributed by atoms with Crippen LogP contribution in [0, 0.1) is 10.1 Å². The molecular weight excluding hydrogens is 282 g/mol. The molecule has 0 radical (unpaired) electrons. The van der Waals surface area contributed by atoms with Gasteiger partial charge in [-0.25, -0.2) is 0 Å². The quantitative estimate of drug-likeness (QED) is 0.680. The second-order valence-corrected chi connectivity index (χ2v) is 4.59. The van der Waals surface area contributed by atoms with Gasteiger partial charge in [0.2, 0.25) is 0 Å². The van der Waals surface area contributed by atoms with Gasteiger partial charge < -0.3 is 9.84 Å². The molecule has 2 aromatic carbocycles. The fraction of sp³-hybridized carbons (Fsp3) is 0.143. The van der Waals surface area contributed by atoms with E-state index in [1.807, 2.05) is 0 Å². The van der Waals surface area contributed by atoms with Crippen LogP contribution in [0.1, 0.15) is 18.6 Å². The van der Waals surface area contributed by atoms with Gasteiger partial charge in [0.1, 0.15) is 11.5 Å². The van der Waals surface area contributed by atoms with Crippen molar-refractivity contribution in [2.45, 2.75) is 13.0 Å². The van der Waals surface area contributed by atoms with Crippen LogP contribution in [0.25, 0.3) is 0 Å². The largest absolute Gasteiger partial charge is 0.455 e. The van der Waals surface area contributed by atoms with E-state index >= 15 is 0 Å². The summed E-state index contributed by atoms with van der Waals surface area (Å²) in [5.74, 6) is 0.753. The second-order valence-electron chi connectivity index (χ2n) is 4.19. The maximum Gasteiger partial charge on any atom is 0.271 e. The first-order valence-corrected chi connectivity index (χ1v) is 6.25. The summed E-state index contributed by atoms with van der Waals surface area (Å²) in [5, 5.41) is 20.4. The third kappa shape index (κ3) is 3.07. The molecule has 20 heavy (non-hydrogen) atoms. The summed E-state index contributed by atoms with van der Waals surface area (Å²) in [4.78, 5) is 10.1. The fourth-order valence-corrected chi connectivity index (χ4v) is 1.94. The van der Waals surface area contributed by atoms with Crippen molar-refractivity contribution in [3.63, 3.8) is 0 Å². The van der Waals surface area contributed by atoms with Gasteiger partial charge in [-0.3, -0.25) is 10.1 Å². The smallest absolute Gasteiger partial charge is 0.271 e. The van der Waals surface area contributed by atoms with Crippen LogP contribution in [0.5, 0.6) is 11.5 Å². The highest BCUT2D eigenvalue weighted by Crippen LogP contribution is 2.35. The van der Waals surface area contributed by atoms with Crippen molar-refractivity contribution in [3.05, 3.63) is 63.2 Å². The van der Waals surface area contributed by atoms with Crippen molar-refractivity contribution in [3.8, 4) is 11.5 Å². The van der Waals surface area contributed by atoms with E-state index in [-0.39, 0.29) is 10.7 Å². The number of non-ortho nitro benzene ring substituents is 1. The molecule has 0 fully saturated rings. The lowest BCUT2D eigenvalue weighted by molar-refractivity contribution is -0.384. The van der Waals surface area contributed by atoms with Crippen LogP contribution in [-0.4, -0.2) is 10.0 Å². The van der Waals surface area contributed by atoms with Crippen molar-refractivity contribution in [2.24, 2.45) is 0 Å². The topological polar surface area (TPSA) is 72.6 Å². The van der Waals surface area contributed by atoms with Gasteiger partial charge >= 0.3 is 0 Å². The van der Waals surface area contributed by atoms with E-state index < -0.39 is 11.0 Å². The maximum absolute atomic E-state index is 10.6. The number of hydrogen-bond acceptors (Lipinski definition) is 4.